The number of benzene rings is 2. The molecule has 0 unspecified atom stereocenters. The third-order valence-corrected chi connectivity index (χ3v) is 6.92. The van der Waals surface area contributed by atoms with Crippen molar-refractivity contribution in [1.29, 1.82) is 0 Å². The van der Waals surface area contributed by atoms with Gasteiger partial charge in [-0.15, -0.1) is 0 Å². The molecule has 2 N–H and O–H groups in total. The number of imidazole rings is 1. The number of hydrogen-bond donors (Lipinski definition) is 2. The summed E-state index contributed by atoms with van der Waals surface area (Å²) in [6.45, 7) is 3.54. The van der Waals surface area contributed by atoms with Crippen LogP contribution < -0.4 is 15.4 Å². The Morgan fingerprint density at radius 1 is 1.10 bits per heavy atom. The molecule has 2 heterocycles. The molecule has 1 amide bonds. The molecule has 0 radical (unpaired) electrons. The molecule has 1 aliphatic rings. The lowest BCUT2D eigenvalue weighted by Gasteiger charge is -2.39. The molecule has 4 aromatic rings. The minimum atomic E-state index is -4.32. The van der Waals surface area contributed by atoms with Gasteiger partial charge in [0, 0.05) is 41.5 Å². The second-order valence-electron chi connectivity index (χ2n) is 10.2. The average molecular weight is 541 g/mol. The van der Waals surface area contributed by atoms with E-state index in [2.05, 4.69) is 15.6 Å². The molecule has 39 heavy (non-hydrogen) atoms. The number of anilines is 1. The quantitative estimate of drug-likeness (QED) is 0.231. The number of nitrogens with one attached hydrogen (secondary N) is 2. The summed E-state index contributed by atoms with van der Waals surface area (Å²) in [5.74, 6) is -0.0571. The highest BCUT2D eigenvalue weighted by Crippen LogP contribution is 2.33. The number of aryl methyl sites for hydroxylation is 1. The van der Waals surface area contributed by atoms with Gasteiger partial charge in [0.05, 0.1) is 24.0 Å². The van der Waals surface area contributed by atoms with Gasteiger partial charge in [-0.25, -0.2) is 9.37 Å². The van der Waals surface area contributed by atoms with E-state index in [9.17, 15) is 22.4 Å². The van der Waals surface area contributed by atoms with Crippen LogP contribution in [0.3, 0.4) is 0 Å². The van der Waals surface area contributed by atoms with Gasteiger partial charge in [0.25, 0.3) is 5.91 Å². The van der Waals surface area contributed by atoms with E-state index in [0.717, 1.165) is 30.4 Å². The van der Waals surface area contributed by atoms with Gasteiger partial charge in [0.15, 0.2) is 5.65 Å². The Labute approximate surface area is 223 Å². The van der Waals surface area contributed by atoms with Crippen molar-refractivity contribution in [3.8, 4) is 22.8 Å². The van der Waals surface area contributed by atoms with E-state index in [0.29, 0.717) is 28.3 Å². The zero-order valence-electron chi connectivity index (χ0n) is 21.5. The highest BCUT2D eigenvalue weighted by Gasteiger charge is 2.33. The third kappa shape index (κ3) is 6.16. The molecule has 1 aliphatic carbocycles. The molecule has 0 bridgehead atoms. The average Bonchev–Trinajstić information content (AvgIpc) is 3.26. The Balaban J connectivity index is 1.45. The number of pyridine rings is 1. The summed E-state index contributed by atoms with van der Waals surface area (Å²) in [5.41, 5.74) is 3.25. The normalized spacial score (nSPS) is 14.6. The fourth-order valence-corrected chi connectivity index (χ4v) is 4.65. The summed E-state index contributed by atoms with van der Waals surface area (Å²) in [4.78, 5) is 17.5. The van der Waals surface area contributed by atoms with Crippen molar-refractivity contribution in [2.45, 2.75) is 51.2 Å². The van der Waals surface area contributed by atoms with Crippen LogP contribution in [0.25, 0.3) is 16.9 Å². The first-order chi connectivity index (χ1) is 18.5. The standard InChI is InChI=1S/C29H28F4N4O2/c1-18-13-19(7-8-23(18)27(38)36-28(2)9-4-10-28)25-17-37-16-22(39-21-6-3-5-20(30)14-21)15-24(26(37)35-25)34-12-11-29(31,32)33/h3,5-8,13-17,34H,4,9-12H2,1-2H3,(H,36,38). The van der Waals surface area contributed by atoms with E-state index < -0.39 is 18.4 Å². The van der Waals surface area contributed by atoms with Gasteiger partial charge in [-0.1, -0.05) is 12.1 Å². The molecule has 0 spiro atoms. The lowest BCUT2D eigenvalue weighted by atomic mass is 9.78. The van der Waals surface area contributed by atoms with E-state index in [4.69, 9.17) is 4.74 Å². The maximum Gasteiger partial charge on any atom is 0.390 e. The van der Waals surface area contributed by atoms with Crippen LogP contribution in [0.5, 0.6) is 11.5 Å². The predicted molar refractivity (Wildman–Crippen MR) is 141 cm³/mol. The van der Waals surface area contributed by atoms with Crippen molar-refractivity contribution >= 4 is 17.2 Å². The van der Waals surface area contributed by atoms with E-state index in [1.807, 2.05) is 19.9 Å². The van der Waals surface area contributed by atoms with Gasteiger partial charge < -0.3 is 19.8 Å². The number of amides is 1. The summed E-state index contributed by atoms with van der Waals surface area (Å²) >= 11 is 0. The van der Waals surface area contributed by atoms with Crippen LogP contribution in [0.15, 0.2) is 60.9 Å². The minimum Gasteiger partial charge on any atom is -0.456 e. The topological polar surface area (TPSA) is 67.7 Å². The number of rotatable bonds is 8. The monoisotopic (exact) mass is 540 g/mol. The molecule has 2 aromatic carbocycles. The second-order valence-corrected chi connectivity index (χ2v) is 10.2. The number of ether oxygens (including phenoxy) is 1. The fourth-order valence-electron chi connectivity index (χ4n) is 4.65. The van der Waals surface area contributed by atoms with Crippen LogP contribution in [0, 0.1) is 12.7 Å². The van der Waals surface area contributed by atoms with Crippen molar-refractivity contribution in [2.24, 2.45) is 0 Å². The van der Waals surface area contributed by atoms with Crippen LogP contribution in [-0.4, -0.2) is 33.6 Å². The molecular formula is C29H28F4N4O2. The van der Waals surface area contributed by atoms with E-state index in [1.54, 1.807) is 35.0 Å². The number of carbonyl (C=O) groups is 1. The summed E-state index contributed by atoms with van der Waals surface area (Å²) in [6, 6.07) is 12.5. The summed E-state index contributed by atoms with van der Waals surface area (Å²) in [7, 11) is 0. The maximum atomic E-state index is 13.6. The Morgan fingerprint density at radius 3 is 2.56 bits per heavy atom. The van der Waals surface area contributed by atoms with Gasteiger partial charge in [0.1, 0.15) is 17.3 Å². The molecule has 6 nitrogen and oxygen atoms in total. The van der Waals surface area contributed by atoms with E-state index in [1.165, 1.54) is 24.3 Å². The van der Waals surface area contributed by atoms with Gasteiger partial charge in [-0.2, -0.15) is 13.2 Å². The molecule has 2 aromatic heterocycles. The Kier molecular flexibility index (Phi) is 6.96. The van der Waals surface area contributed by atoms with Gasteiger partial charge in [0.2, 0.25) is 0 Å². The molecule has 0 atom stereocenters. The largest absolute Gasteiger partial charge is 0.456 e. The highest BCUT2D eigenvalue weighted by molar-refractivity contribution is 5.96. The summed E-state index contributed by atoms with van der Waals surface area (Å²) < 4.78 is 59.5. The highest BCUT2D eigenvalue weighted by atomic mass is 19.4. The first-order valence-electron chi connectivity index (χ1n) is 12.7. The van der Waals surface area contributed by atoms with E-state index in [-0.39, 0.29) is 23.7 Å². The third-order valence-electron chi connectivity index (χ3n) is 6.92. The molecule has 5 rings (SSSR count). The lowest BCUT2D eigenvalue weighted by Crippen LogP contribution is -2.51. The maximum absolute atomic E-state index is 13.6. The molecule has 1 saturated carbocycles. The number of halogens is 4. The van der Waals surface area contributed by atoms with Gasteiger partial charge >= 0.3 is 6.18 Å². The predicted octanol–water partition coefficient (Wildman–Crippen LogP) is 7.28. The number of nitrogens with zero attached hydrogens (tertiary/aromatic N) is 2. The Morgan fingerprint density at radius 2 is 1.90 bits per heavy atom. The van der Waals surface area contributed by atoms with Crippen molar-refractivity contribution in [3.05, 3.63) is 77.9 Å². The zero-order valence-corrected chi connectivity index (χ0v) is 21.5. The molecule has 204 valence electrons. The summed E-state index contributed by atoms with van der Waals surface area (Å²) in [6.07, 6.45) is 1.03. The number of aromatic nitrogens is 2. The minimum absolute atomic E-state index is 0.119. The van der Waals surface area contributed by atoms with Crippen LogP contribution >= 0.6 is 0 Å². The van der Waals surface area contributed by atoms with Crippen molar-refractivity contribution in [2.75, 3.05) is 11.9 Å². The molecule has 0 saturated heterocycles. The Bertz CT molecular complexity index is 1530. The lowest BCUT2D eigenvalue weighted by molar-refractivity contribution is -0.131. The number of carbonyl (C=O) groups excluding carboxylic acids is 1. The first kappa shape index (κ1) is 26.5. The van der Waals surface area contributed by atoms with Crippen LogP contribution in [0.2, 0.25) is 0 Å². The number of hydrogen-bond acceptors (Lipinski definition) is 4. The van der Waals surface area contributed by atoms with Crippen molar-refractivity contribution in [1.82, 2.24) is 14.7 Å². The van der Waals surface area contributed by atoms with Crippen LogP contribution in [-0.2, 0) is 0 Å². The smallest absolute Gasteiger partial charge is 0.390 e. The van der Waals surface area contributed by atoms with Crippen molar-refractivity contribution < 1.29 is 27.1 Å². The number of alkyl halides is 3. The Hall–Kier alpha value is -4.08. The molecule has 10 heteroatoms. The van der Waals surface area contributed by atoms with Crippen LogP contribution in [0.1, 0.15) is 48.5 Å². The molecule has 0 aliphatic heterocycles. The van der Waals surface area contributed by atoms with Crippen LogP contribution in [0.4, 0.5) is 23.2 Å². The first-order valence-corrected chi connectivity index (χ1v) is 12.7. The molecular weight excluding hydrogens is 512 g/mol. The number of fused-ring (bicyclic) bond motifs is 1. The molecule has 1 fully saturated rings. The summed E-state index contributed by atoms with van der Waals surface area (Å²) in [5, 5.41) is 5.92. The SMILES string of the molecule is Cc1cc(-c2cn3cc(Oc4cccc(F)c4)cc(NCCC(F)(F)F)c3n2)ccc1C(=O)NC1(C)CCC1. The van der Waals surface area contributed by atoms with Gasteiger partial charge in [-0.05, 0) is 62.9 Å². The van der Waals surface area contributed by atoms with Gasteiger partial charge in [-0.3, -0.25) is 4.79 Å². The zero-order chi connectivity index (χ0) is 27.8. The fraction of sp³-hybridized carbons (Fsp3) is 0.310. The second kappa shape index (κ2) is 10.2. The van der Waals surface area contributed by atoms with Crippen molar-refractivity contribution in [3.63, 3.8) is 0 Å². The van der Waals surface area contributed by atoms with E-state index >= 15 is 0 Å².